The molecule has 0 saturated carbocycles. The van der Waals surface area contributed by atoms with Crippen molar-refractivity contribution in [2.24, 2.45) is 5.41 Å². The molecule has 1 nitrogen and oxygen atoms in total. The van der Waals surface area contributed by atoms with Crippen LogP contribution < -0.4 is 0 Å². The Kier molecular flexibility index (Phi) is 2.01. The van der Waals surface area contributed by atoms with Gasteiger partial charge in [-0.1, -0.05) is 12.1 Å². The molecule has 0 fully saturated rings. The maximum absolute atomic E-state index is 8.52. The Balaban J connectivity index is 4.39. The molecule has 4 radical (unpaired) electrons. The topological polar surface area (TPSA) is 23.8 Å². The molecular formula is C6H9B2N. The lowest BCUT2D eigenvalue weighted by Gasteiger charge is -2.32. The fraction of sp³-hybridized carbons (Fsp3) is 0.833. The van der Waals surface area contributed by atoms with Crippen LogP contribution in [0.15, 0.2) is 0 Å². The van der Waals surface area contributed by atoms with Crippen LogP contribution in [-0.4, -0.2) is 15.7 Å². The molecule has 0 spiro atoms. The number of nitriles is 1. The number of rotatable bonds is 1. The van der Waals surface area contributed by atoms with Gasteiger partial charge in [0.15, 0.2) is 0 Å². The molecule has 0 aliphatic heterocycles. The van der Waals surface area contributed by atoms with E-state index in [1.54, 1.807) is 20.8 Å². The summed E-state index contributed by atoms with van der Waals surface area (Å²) in [6, 6.07) is 2.03. The van der Waals surface area contributed by atoms with Crippen molar-refractivity contribution in [2.75, 3.05) is 0 Å². The molecule has 0 amide bonds. The Morgan fingerprint density at radius 2 is 1.56 bits per heavy atom. The van der Waals surface area contributed by atoms with Crippen molar-refractivity contribution in [1.82, 2.24) is 0 Å². The first-order chi connectivity index (χ1) is 3.81. The summed E-state index contributed by atoms with van der Waals surface area (Å²) in [5.41, 5.74) is -0.660. The summed E-state index contributed by atoms with van der Waals surface area (Å²) in [6.07, 6.45) is 0. The molecule has 9 heavy (non-hydrogen) atoms. The number of hydrogen-bond acceptors (Lipinski definition) is 1. The van der Waals surface area contributed by atoms with Crippen molar-refractivity contribution in [2.45, 2.75) is 26.0 Å². The average Bonchev–Trinajstić information content (AvgIpc) is 1.64. The van der Waals surface area contributed by atoms with E-state index in [9.17, 15) is 0 Å². The molecule has 0 aromatic heterocycles. The maximum atomic E-state index is 8.52. The van der Waals surface area contributed by atoms with Crippen molar-refractivity contribution in [3.8, 4) is 6.07 Å². The van der Waals surface area contributed by atoms with E-state index in [-0.39, 0.29) is 0 Å². The number of hydrogen-bond donors (Lipinski definition) is 0. The van der Waals surface area contributed by atoms with E-state index < -0.39 is 10.6 Å². The molecule has 0 rings (SSSR count). The zero-order chi connectivity index (χ0) is 7.71. The van der Waals surface area contributed by atoms with Gasteiger partial charge in [0.05, 0.1) is 21.8 Å². The standard InChI is InChI=1S/C6H9B2N/c1-5(2,4-9)6(3,7)8/h1-3H3. The van der Waals surface area contributed by atoms with Gasteiger partial charge in [-0.15, -0.1) is 0 Å². The Morgan fingerprint density at radius 3 is 1.56 bits per heavy atom. The van der Waals surface area contributed by atoms with Gasteiger partial charge in [-0.25, -0.2) is 0 Å². The summed E-state index contributed by atoms with van der Waals surface area (Å²) in [5.74, 6) is 0. The minimum atomic E-state index is -0.915. The molecule has 0 aromatic rings. The summed E-state index contributed by atoms with van der Waals surface area (Å²) in [4.78, 5) is 0. The Hall–Kier alpha value is -0.380. The van der Waals surface area contributed by atoms with Crippen molar-refractivity contribution < 1.29 is 0 Å². The third-order valence-electron chi connectivity index (χ3n) is 1.63. The van der Waals surface area contributed by atoms with E-state index >= 15 is 0 Å². The summed E-state index contributed by atoms with van der Waals surface area (Å²) in [7, 11) is 11.0. The van der Waals surface area contributed by atoms with E-state index in [1.165, 1.54) is 0 Å². The normalized spacial score (nSPS) is 12.7. The van der Waals surface area contributed by atoms with Crippen LogP contribution in [0.5, 0.6) is 0 Å². The molecule has 44 valence electrons. The minimum absolute atomic E-state index is 0.660. The van der Waals surface area contributed by atoms with E-state index in [1.807, 2.05) is 6.07 Å². The molecule has 0 aliphatic rings. The molecule has 0 N–H and O–H groups in total. The highest BCUT2D eigenvalue weighted by Crippen LogP contribution is 2.37. The summed E-state index contributed by atoms with van der Waals surface area (Å²) in [6.45, 7) is 5.07. The summed E-state index contributed by atoms with van der Waals surface area (Å²) >= 11 is 0. The van der Waals surface area contributed by atoms with Gasteiger partial charge in [0.2, 0.25) is 0 Å². The van der Waals surface area contributed by atoms with Crippen molar-refractivity contribution in [3.05, 3.63) is 0 Å². The minimum Gasteiger partial charge on any atom is -0.198 e. The lowest BCUT2D eigenvalue weighted by molar-refractivity contribution is 0.437. The Bertz CT molecular complexity index is 138. The maximum Gasteiger partial charge on any atom is 0.0674 e. The predicted molar refractivity (Wildman–Crippen MR) is 39.3 cm³/mol. The van der Waals surface area contributed by atoms with Gasteiger partial charge in [0, 0.05) is 5.41 Å². The SMILES string of the molecule is [B]C([B])(C)C(C)(C)C#N. The molecule has 0 aliphatic carbocycles. The van der Waals surface area contributed by atoms with Gasteiger partial charge in [-0.3, -0.25) is 0 Å². The van der Waals surface area contributed by atoms with Gasteiger partial charge in [-0.2, -0.15) is 5.26 Å². The van der Waals surface area contributed by atoms with Crippen LogP contribution >= 0.6 is 0 Å². The molecule has 3 heteroatoms. The lowest BCUT2D eigenvalue weighted by atomic mass is 9.44. The van der Waals surface area contributed by atoms with Crippen molar-refractivity contribution >= 4 is 15.7 Å². The highest BCUT2D eigenvalue weighted by atomic mass is 14.4. The first-order valence-electron chi connectivity index (χ1n) is 2.80. The molecule has 0 heterocycles. The third kappa shape index (κ3) is 1.78. The average molecular weight is 117 g/mol. The molecule has 0 atom stereocenters. The second-order valence-electron chi connectivity index (χ2n) is 3.02. The van der Waals surface area contributed by atoms with Crippen LogP contribution in [0.1, 0.15) is 20.8 Å². The largest absolute Gasteiger partial charge is 0.198 e. The molecule has 0 bridgehead atoms. The van der Waals surface area contributed by atoms with Crippen LogP contribution in [-0.2, 0) is 0 Å². The van der Waals surface area contributed by atoms with E-state index in [4.69, 9.17) is 21.0 Å². The van der Waals surface area contributed by atoms with Gasteiger partial charge < -0.3 is 0 Å². The van der Waals surface area contributed by atoms with E-state index in [0.29, 0.717) is 0 Å². The number of nitrogens with zero attached hydrogens (tertiary/aromatic N) is 1. The quantitative estimate of drug-likeness (QED) is 0.470. The van der Waals surface area contributed by atoms with Gasteiger partial charge in [0.1, 0.15) is 0 Å². The second kappa shape index (κ2) is 2.10. The molecule has 0 unspecified atom stereocenters. The highest BCUT2D eigenvalue weighted by Gasteiger charge is 2.31. The van der Waals surface area contributed by atoms with Gasteiger partial charge in [0.25, 0.3) is 0 Å². The Morgan fingerprint density at radius 1 is 1.22 bits per heavy atom. The van der Waals surface area contributed by atoms with E-state index in [0.717, 1.165) is 0 Å². The van der Waals surface area contributed by atoms with Crippen LogP contribution in [0.2, 0.25) is 5.21 Å². The van der Waals surface area contributed by atoms with Crippen molar-refractivity contribution in [1.29, 1.82) is 5.26 Å². The zero-order valence-electron chi connectivity index (χ0n) is 6.10. The molecular weight excluding hydrogens is 108 g/mol. The fourth-order valence-corrected chi connectivity index (χ4v) is 0.120. The summed E-state index contributed by atoms with van der Waals surface area (Å²) < 4.78 is 0. The smallest absolute Gasteiger partial charge is 0.0674 e. The van der Waals surface area contributed by atoms with Crippen molar-refractivity contribution in [3.63, 3.8) is 0 Å². The first kappa shape index (κ1) is 8.62. The van der Waals surface area contributed by atoms with Gasteiger partial charge in [-0.05, 0) is 13.8 Å². The molecule has 0 saturated heterocycles. The summed E-state index contributed by atoms with van der Waals surface area (Å²) in [5, 5.41) is 7.60. The van der Waals surface area contributed by atoms with Crippen LogP contribution in [0.4, 0.5) is 0 Å². The second-order valence-corrected chi connectivity index (χ2v) is 3.02. The van der Waals surface area contributed by atoms with Crippen LogP contribution in [0, 0.1) is 16.7 Å². The predicted octanol–water partition coefficient (Wildman–Crippen LogP) is 1.01. The van der Waals surface area contributed by atoms with E-state index in [2.05, 4.69) is 0 Å². The highest BCUT2D eigenvalue weighted by molar-refractivity contribution is 6.40. The van der Waals surface area contributed by atoms with Gasteiger partial charge >= 0.3 is 0 Å². The first-order valence-corrected chi connectivity index (χ1v) is 2.80. The molecule has 0 aromatic carbocycles. The van der Waals surface area contributed by atoms with Crippen LogP contribution in [0.3, 0.4) is 0 Å². The lowest BCUT2D eigenvalue weighted by Crippen LogP contribution is -2.27. The third-order valence-corrected chi connectivity index (χ3v) is 1.63. The monoisotopic (exact) mass is 117 g/mol. The fourth-order valence-electron chi connectivity index (χ4n) is 0.120. The zero-order valence-corrected chi connectivity index (χ0v) is 6.10. The Labute approximate surface area is 59.3 Å². The van der Waals surface area contributed by atoms with Crippen LogP contribution in [0.25, 0.3) is 0 Å².